The molecule has 1 aromatic carbocycles. The zero-order valence-electron chi connectivity index (χ0n) is 11.8. The van der Waals surface area contributed by atoms with Crippen molar-refractivity contribution in [2.75, 3.05) is 19.0 Å². The summed E-state index contributed by atoms with van der Waals surface area (Å²) in [4.78, 5) is 23.0. The smallest absolute Gasteiger partial charge is 0.337 e. The molecule has 0 fully saturated rings. The van der Waals surface area contributed by atoms with Crippen LogP contribution in [0.2, 0.25) is 10.0 Å². The SMILES string of the molecule is COC(C)(C)CNC(=O)Nc1c(Cl)cc(Cl)cc1C(=O)O. The maximum atomic E-state index is 11.8. The molecule has 0 atom stereocenters. The number of carboxylic acid groups (broad SMARTS) is 1. The summed E-state index contributed by atoms with van der Waals surface area (Å²) < 4.78 is 5.16. The van der Waals surface area contributed by atoms with E-state index >= 15 is 0 Å². The van der Waals surface area contributed by atoms with E-state index in [1.807, 2.05) is 0 Å². The van der Waals surface area contributed by atoms with Crippen molar-refractivity contribution < 1.29 is 19.4 Å². The number of anilines is 1. The molecule has 8 heteroatoms. The van der Waals surface area contributed by atoms with Crippen molar-refractivity contribution in [3.05, 3.63) is 27.7 Å². The molecule has 2 amide bonds. The fraction of sp³-hybridized carbons (Fsp3) is 0.385. The predicted molar refractivity (Wildman–Crippen MR) is 81.5 cm³/mol. The number of nitrogens with one attached hydrogen (secondary N) is 2. The second-order valence-electron chi connectivity index (χ2n) is 4.89. The van der Waals surface area contributed by atoms with Gasteiger partial charge in [-0.25, -0.2) is 9.59 Å². The number of carbonyl (C=O) groups excluding carboxylic acids is 1. The molecule has 0 heterocycles. The Morgan fingerprint density at radius 3 is 2.48 bits per heavy atom. The maximum Gasteiger partial charge on any atom is 0.337 e. The summed E-state index contributed by atoms with van der Waals surface area (Å²) in [6.07, 6.45) is 0. The number of carbonyl (C=O) groups is 2. The summed E-state index contributed by atoms with van der Waals surface area (Å²) in [7, 11) is 1.53. The molecule has 0 saturated heterocycles. The minimum atomic E-state index is -1.24. The Hall–Kier alpha value is -1.50. The van der Waals surface area contributed by atoms with Crippen LogP contribution in [0.15, 0.2) is 12.1 Å². The zero-order chi connectivity index (χ0) is 16.2. The molecule has 3 N–H and O–H groups in total. The second kappa shape index (κ2) is 6.98. The van der Waals surface area contributed by atoms with Gasteiger partial charge in [0.15, 0.2) is 0 Å². The van der Waals surface area contributed by atoms with E-state index in [9.17, 15) is 9.59 Å². The van der Waals surface area contributed by atoms with Gasteiger partial charge in [0.1, 0.15) is 0 Å². The molecule has 0 aliphatic carbocycles. The molecular weight excluding hydrogens is 319 g/mol. The lowest BCUT2D eigenvalue weighted by Gasteiger charge is -2.23. The third-order valence-corrected chi connectivity index (χ3v) is 3.27. The van der Waals surface area contributed by atoms with Crippen LogP contribution in [-0.2, 0) is 4.74 Å². The Kier molecular flexibility index (Phi) is 5.83. The third-order valence-electron chi connectivity index (χ3n) is 2.75. The van der Waals surface area contributed by atoms with Gasteiger partial charge in [-0.3, -0.25) is 0 Å². The monoisotopic (exact) mass is 334 g/mol. The van der Waals surface area contributed by atoms with Gasteiger partial charge in [0, 0.05) is 18.7 Å². The number of benzene rings is 1. The number of hydrogen-bond acceptors (Lipinski definition) is 3. The van der Waals surface area contributed by atoms with Crippen LogP contribution < -0.4 is 10.6 Å². The average Bonchev–Trinajstić information content (AvgIpc) is 2.39. The summed E-state index contributed by atoms with van der Waals surface area (Å²) in [5.74, 6) is -1.24. The Labute approximate surface area is 132 Å². The van der Waals surface area contributed by atoms with Crippen molar-refractivity contribution in [3.8, 4) is 0 Å². The largest absolute Gasteiger partial charge is 0.478 e. The van der Waals surface area contributed by atoms with Crippen molar-refractivity contribution in [1.82, 2.24) is 5.32 Å². The molecule has 0 aromatic heterocycles. The molecule has 1 rings (SSSR count). The first-order valence-electron chi connectivity index (χ1n) is 5.98. The third kappa shape index (κ3) is 5.08. The van der Waals surface area contributed by atoms with Gasteiger partial charge in [0.25, 0.3) is 0 Å². The Morgan fingerprint density at radius 2 is 1.95 bits per heavy atom. The Balaban J connectivity index is 2.88. The highest BCUT2D eigenvalue weighted by molar-refractivity contribution is 6.37. The number of urea groups is 1. The number of ether oxygens (including phenoxy) is 1. The molecule has 0 radical (unpaired) electrons. The molecule has 0 saturated carbocycles. The van der Waals surface area contributed by atoms with Gasteiger partial charge in [-0.1, -0.05) is 23.2 Å². The number of rotatable bonds is 5. The van der Waals surface area contributed by atoms with Crippen molar-refractivity contribution in [3.63, 3.8) is 0 Å². The molecule has 0 unspecified atom stereocenters. The molecule has 0 bridgehead atoms. The van der Waals surface area contributed by atoms with E-state index in [0.717, 1.165) is 0 Å². The highest BCUT2D eigenvalue weighted by Crippen LogP contribution is 2.30. The second-order valence-corrected chi connectivity index (χ2v) is 5.73. The first-order chi connectivity index (χ1) is 9.66. The van der Waals surface area contributed by atoms with Gasteiger partial charge < -0.3 is 20.5 Å². The van der Waals surface area contributed by atoms with E-state index in [4.69, 9.17) is 33.0 Å². The van der Waals surface area contributed by atoms with E-state index in [-0.39, 0.29) is 27.8 Å². The fourth-order valence-electron chi connectivity index (χ4n) is 1.39. The molecule has 21 heavy (non-hydrogen) atoms. The first kappa shape index (κ1) is 17.6. The Bertz CT molecular complexity index is 561. The molecule has 0 aliphatic heterocycles. The van der Waals surface area contributed by atoms with Crippen LogP contribution in [0.4, 0.5) is 10.5 Å². The van der Waals surface area contributed by atoms with E-state index in [1.54, 1.807) is 13.8 Å². The van der Waals surface area contributed by atoms with E-state index in [1.165, 1.54) is 19.2 Å². The van der Waals surface area contributed by atoms with E-state index in [2.05, 4.69) is 10.6 Å². The fourth-order valence-corrected chi connectivity index (χ4v) is 1.93. The van der Waals surface area contributed by atoms with Crippen LogP contribution in [0.3, 0.4) is 0 Å². The zero-order valence-corrected chi connectivity index (χ0v) is 13.3. The van der Waals surface area contributed by atoms with Crippen molar-refractivity contribution in [2.24, 2.45) is 0 Å². The molecule has 0 aliphatic rings. The van der Waals surface area contributed by atoms with Gasteiger partial charge >= 0.3 is 12.0 Å². The van der Waals surface area contributed by atoms with Crippen LogP contribution in [0.1, 0.15) is 24.2 Å². The number of aromatic carboxylic acids is 1. The van der Waals surface area contributed by atoms with Gasteiger partial charge in [-0.2, -0.15) is 0 Å². The number of halogens is 2. The summed E-state index contributed by atoms with van der Waals surface area (Å²) >= 11 is 11.7. The van der Waals surface area contributed by atoms with E-state index < -0.39 is 17.6 Å². The number of amides is 2. The summed E-state index contributed by atoms with van der Waals surface area (Å²) in [6, 6.07) is 1.97. The summed E-state index contributed by atoms with van der Waals surface area (Å²) in [6.45, 7) is 3.83. The minimum Gasteiger partial charge on any atom is -0.478 e. The van der Waals surface area contributed by atoms with E-state index in [0.29, 0.717) is 0 Å². The van der Waals surface area contributed by atoms with Crippen LogP contribution in [0.25, 0.3) is 0 Å². The van der Waals surface area contributed by atoms with Gasteiger partial charge in [0.2, 0.25) is 0 Å². The lowest BCUT2D eigenvalue weighted by Crippen LogP contribution is -2.41. The van der Waals surface area contributed by atoms with Gasteiger partial charge in [-0.15, -0.1) is 0 Å². The summed E-state index contributed by atoms with van der Waals surface area (Å²) in [5.41, 5.74) is -0.744. The molecule has 0 spiro atoms. The maximum absolute atomic E-state index is 11.8. The molecule has 6 nitrogen and oxygen atoms in total. The average molecular weight is 335 g/mol. The topological polar surface area (TPSA) is 87.7 Å². The van der Waals surface area contributed by atoms with Gasteiger partial charge in [-0.05, 0) is 26.0 Å². The van der Waals surface area contributed by atoms with Crippen molar-refractivity contribution >= 4 is 40.9 Å². The number of methoxy groups -OCH3 is 1. The first-order valence-corrected chi connectivity index (χ1v) is 6.74. The minimum absolute atomic E-state index is 0.0127. The lowest BCUT2D eigenvalue weighted by molar-refractivity contribution is 0.0257. The number of carboxylic acids is 1. The highest BCUT2D eigenvalue weighted by atomic mass is 35.5. The van der Waals surface area contributed by atoms with Crippen LogP contribution in [0.5, 0.6) is 0 Å². The molecule has 1 aromatic rings. The summed E-state index contributed by atoms with van der Waals surface area (Å²) in [5, 5.41) is 14.3. The van der Waals surface area contributed by atoms with Crippen LogP contribution >= 0.6 is 23.2 Å². The Morgan fingerprint density at radius 1 is 1.33 bits per heavy atom. The lowest BCUT2D eigenvalue weighted by atomic mass is 10.1. The van der Waals surface area contributed by atoms with Crippen molar-refractivity contribution in [2.45, 2.75) is 19.4 Å². The van der Waals surface area contributed by atoms with Crippen LogP contribution in [-0.4, -0.2) is 36.4 Å². The quantitative estimate of drug-likeness (QED) is 0.771. The highest BCUT2D eigenvalue weighted by Gasteiger charge is 2.20. The molecule has 116 valence electrons. The van der Waals surface area contributed by atoms with Crippen molar-refractivity contribution in [1.29, 1.82) is 0 Å². The van der Waals surface area contributed by atoms with Crippen LogP contribution in [0, 0.1) is 0 Å². The van der Waals surface area contributed by atoms with Gasteiger partial charge in [0.05, 0.1) is 21.9 Å². The normalized spacial score (nSPS) is 11.1. The molecular formula is C13H16Cl2N2O4. The number of hydrogen-bond donors (Lipinski definition) is 3. The standard InChI is InChI=1S/C13H16Cl2N2O4/c1-13(2,21-3)6-16-12(20)17-10-8(11(18)19)4-7(14)5-9(10)15/h4-5H,6H2,1-3H3,(H,18,19)(H2,16,17,20). The predicted octanol–water partition coefficient (Wildman–Crippen LogP) is 3.24.